The zero-order chi connectivity index (χ0) is 25.8. The fourth-order valence-corrected chi connectivity index (χ4v) is 3.98. The van der Waals surface area contributed by atoms with Gasteiger partial charge in [-0.3, -0.25) is 9.69 Å². The second-order valence-electron chi connectivity index (χ2n) is 9.91. The van der Waals surface area contributed by atoms with Crippen LogP contribution in [0.15, 0.2) is 48.5 Å². The standard InChI is InChI=1S/C26H32F2N2O5/c1-25(2,3)20-7-5-6-8-21(20)34-16-18(31)15-30-22(32)26(4,29-24(30)33)14-13-17-9-11-19(12-10-17)35-23(27)28/h5-12,18,23,31H,13-16H2,1-4H3,(H,29,33). The lowest BCUT2D eigenvalue weighted by Crippen LogP contribution is -2.45. The van der Waals surface area contributed by atoms with Crippen LogP contribution in [0.4, 0.5) is 13.6 Å². The molecule has 1 heterocycles. The number of benzene rings is 2. The minimum atomic E-state index is -2.90. The molecule has 3 rings (SSSR count). The average molecular weight is 491 g/mol. The molecule has 7 nitrogen and oxygen atoms in total. The van der Waals surface area contributed by atoms with E-state index in [1.54, 1.807) is 19.1 Å². The van der Waals surface area contributed by atoms with E-state index in [0.717, 1.165) is 16.0 Å². The number of nitrogens with zero attached hydrogens (tertiary/aromatic N) is 1. The van der Waals surface area contributed by atoms with Crippen LogP contribution in [0.2, 0.25) is 0 Å². The SMILES string of the molecule is CC1(CCc2ccc(OC(F)F)cc2)NC(=O)N(CC(O)COc2ccccc2C(C)(C)C)C1=O. The van der Waals surface area contributed by atoms with Crippen molar-refractivity contribution in [3.05, 3.63) is 59.7 Å². The first-order valence-corrected chi connectivity index (χ1v) is 11.5. The van der Waals surface area contributed by atoms with Crippen LogP contribution in [0.1, 0.15) is 45.2 Å². The van der Waals surface area contributed by atoms with Crippen molar-refractivity contribution in [3.8, 4) is 11.5 Å². The summed E-state index contributed by atoms with van der Waals surface area (Å²) >= 11 is 0. The highest BCUT2D eigenvalue weighted by molar-refractivity contribution is 6.06. The third kappa shape index (κ3) is 6.69. The molecule has 9 heteroatoms. The first-order valence-electron chi connectivity index (χ1n) is 11.5. The van der Waals surface area contributed by atoms with Gasteiger partial charge in [0.1, 0.15) is 29.7 Å². The summed E-state index contributed by atoms with van der Waals surface area (Å²) in [7, 11) is 0. The number of ether oxygens (including phenoxy) is 2. The lowest BCUT2D eigenvalue weighted by molar-refractivity contribution is -0.132. The van der Waals surface area contributed by atoms with Crippen molar-refractivity contribution in [2.24, 2.45) is 0 Å². The number of aliphatic hydroxyl groups is 1. The fourth-order valence-electron chi connectivity index (χ4n) is 3.98. The normalized spacial score (nSPS) is 19.1. The van der Waals surface area contributed by atoms with E-state index in [1.807, 2.05) is 24.3 Å². The Bertz CT molecular complexity index is 1040. The number of imide groups is 1. The molecule has 0 aromatic heterocycles. The molecule has 190 valence electrons. The van der Waals surface area contributed by atoms with Gasteiger partial charge in [-0.15, -0.1) is 0 Å². The number of carbonyl (C=O) groups excluding carboxylic acids is 2. The molecule has 2 atom stereocenters. The van der Waals surface area contributed by atoms with Crippen molar-refractivity contribution in [2.45, 2.75) is 64.2 Å². The molecule has 0 spiro atoms. The number of β-amino-alcohol motifs (C(OH)–C–C–N with tert-alkyl or cyclic N) is 1. The maximum absolute atomic E-state index is 13.0. The maximum Gasteiger partial charge on any atom is 0.387 e. The van der Waals surface area contributed by atoms with Gasteiger partial charge in [0.2, 0.25) is 0 Å². The fraction of sp³-hybridized carbons (Fsp3) is 0.462. The van der Waals surface area contributed by atoms with Crippen LogP contribution < -0.4 is 14.8 Å². The van der Waals surface area contributed by atoms with Crippen LogP contribution in [-0.2, 0) is 16.6 Å². The van der Waals surface area contributed by atoms with E-state index in [-0.39, 0.29) is 24.3 Å². The Labute approximate surface area is 204 Å². The zero-order valence-corrected chi connectivity index (χ0v) is 20.4. The Morgan fingerprint density at radius 2 is 1.74 bits per heavy atom. The largest absolute Gasteiger partial charge is 0.491 e. The molecule has 1 aliphatic rings. The number of rotatable bonds is 10. The van der Waals surface area contributed by atoms with Gasteiger partial charge in [-0.1, -0.05) is 51.1 Å². The first-order chi connectivity index (χ1) is 16.4. The van der Waals surface area contributed by atoms with Gasteiger partial charge in [0, 0.05) is 0 Å². The van der Waals surface area contributed by atoms with E-state index in [9.17, 15) is 23.5 Å². The number of amides is 3. The Kier molecular flexibility index (Phi) is 8.00. The molecule has 35 heavy (non-hydrogen) atoms. The van der Waals surface area contributed by atoms with Gasteiger partial charge in [0.15, 0.2) is 0 Å². The second-order valence-corrected chi connectivity index (χ2v) is 9.91. The lowest BCUT2D eigenvalue weighted by Gasteiger charge is -2.24. The van der Waals surface area contributed by atoms with Crippen LogP contribution in [0, 0.1) is 0 Å². The molecule has 3 amide bonds. The second kappa shape index (κ2) is 10.6. The van der Waals surface area contributed by atoms with Crippen LogP contribution in [-0.4, -0.2) is 53.4 Å². The maximum atomic E-state index is 13.0. The quantitative estimate of drug-likeness (QED) is 0.486. The third-order valence-electron chi connectivity index (χ3n) is 5.93. The number of aliphatic hydroxyl groups excluding tert-OH is 1. The Morgan fingerprint density at radius 1 is 1.09 bits per heavy atom. The van der Waals surface area contributed by atoms with Gasteiger partial charge in [0.25, 0.3) is 5.91 Å². The molecule has 1 fully saturated rings. The minimum Gasteiger partial charge on any atom is -0.491 e. The predicted molar refractivity (Wildman–Crippen MR) is 127 cm³/mol. The van der Waals surface area contributed by atoms with E-state index in [1.165, 1.54) is 12.1 Å². The molecule has 1 aliphatic heterocycles. The summed E-state index contributed by atoms with van der Waals surface area (Å²) in [5, 5.41) is 13.2. The summed E-state index contributed by atoms with van der Waals surface area (Å²) < 4.78 is 34.8. The number of aryl methyl sites for hydroxylation is 1. The van der Waals surface area contributed by atoms with E-state index in [2.05, 4.69) is 30.8 Å². The molecule has 2 aromatic carbocycles. The summed E-state index contributed by atoms with van der Waals surface area (Å²) in [5.41, 5.74) is 0.502. The van der Waals surface area contributed by atoms with Crippen LogP contribution >= 0.6 is 0 Å². The number of hydrogen-bond donors (Lipinski definition) is 2. The van der Waals surface area contributed by atoms with Crippen molar-refractivity contribution in [3.63, 3.8) is 0 Å². The van der Waals surface area contributed by atoms with E-state index in [4.69, 9.17) is 4.74 Å². The number of para-hydroxylation sites is 1. The monoisotopic (exact) mass is 490 g/mol. The van der Waals surface area contributed by atoms with Crippen molar-refractivity contribution in [1.29, 1.82) is 0 Å². The summed E-state index contributed by atoms with van der Waals surface area (Å²) in [4.78, 5) is 26.5. The predicted octanol–water partition coefficient (Wildman–Crippen LogP) is 4.27. The smallest absolute Gasteiger partial charge is 0.387 e. The van der Waals surface area contributed by atoms with Gasteiger partial charge in [0.05, 0.1) is 6.54 Å². The Balaban J connectivity index is 1.56. The van der Waals surface area contributed by atoms with E-state index < -0.39 is 30.2 Å². The number of nitrogens with one attached hydrogen (secondary N) is 1. The van der Waals surface area contributed by atoms with Crippen molar-refractivity contribution in [2.75, 3.05) is 13.2 Å². The highest BCUT2D eigenvalue weighted by atomic mass is 19.3. The number of urea groups is 1. The van der Waals surface area contributed by atoms with Crippen molar-refractivity contribution in [1.82, 2.24) is 10.2 Å². The van der Waals surface area contributed by atoms with Gasteiger partial charge >= 0.3 is 12.6 Å². The van der Waals surface area contributed by atoms with Crippen molar-refractivity contribution < 1.29 is 33.0 Å². The van der Waals surface area contributed by atoms with Crippen LogP contribution in [0.5, 0.6) is 11.5 Å². The van der Waals surface area contributed by atoms with Crippen molar-refractivity contribution >= 4 is 11.9 Å². The third-order valence-corrected chi connectivity index (χ3v) is 5.93. The molecule has 2 aromatic rings. The summed E-state index contributed by atoms with van der Waals surface area (Å²) in [6.45, 7) is 4.64. The summed E-state index contributed by atoms with van der Waals surface area (Å²) in [5.74, 6) is 0.257. The first kappa shape index (κ1) is 26.4. The Hall–Kier alpha value is -3.20. The van der Waals surface area contributed by atoms with E-state index >= 15 is 0 Å². The number of hydrogen-bond acceptors (Lipinski definition) is 5. The number of carbonyl (C=O) groups is 2. The van der Waals surface area contributed by atoms with E-state index in [0.29, 0.717) is 18.6 Å². The van der Waals surface area contributed by atoms with Gasteiger partial charge < -0.3 is 19.9 Å². The van der Waals surface area contributed by atoms with Gasteiger partial charge in [-0.2, -0.15) is 8.78 Å². The van der Waals surface area contributed by atoms with Crippen LogP contribution in [0.25, 0.3) is 0 Å². The Morgan fingerprint density at radius 3 is 2.37 bits per heavy atom. The molecule has 0 radical (unpaired) electrons. The lowest BCUT2D eigenvalue weighted by atomic mass is 9.86. The molecule has 0 aliphatic carbocycles. The summed E-state index contributed by atoms with van der Waals surface area (Å²) in [6.07, 6.45) is -0.336. The average Bonchev–Trinajstić information content (AvgIpc) is 2.99. The van der Waals surface area contributed by atoms with Gasteiger partial charge in [-0.05, 0) is 54.5 Å². The topological polar surface area (TPSA) is 88.1 Å². The van der Waals surface area contributed by atoms with Gasteiger partial charge in [-0.25, -0.2) is 4.79 Å². The molecule has 2 N–H and O–H groups in total. The molecular formula is C26H32F2N2O5. The zero-order valence-electron chi connectivity index (χ0n) is 20.4. The molecule has 0 saturated carbocycles. The highest BCUT2D eigenvalue weighted by Gasteiger charge is 2.47. The molecule has 0 bridgehead atoms. The van der Waals surface area contributed by atoms with Crippen LogP contribution in [0.3, 0.4) is 0 Å². The summed E-state index contributed by atoms with van der Waals surface area (Å²) in [6, 6.07) is 13.1. The molecule has 1 saturated heterocycles. The highest BCUT2D eigenvalue weighted by Crippen LogP contribution is 2.31. The number of halogens is 2. The number of alkyl halides is 2. The molecule has 2 unspecified atom stereocenters. The molecular weight excluding hydrogens is 458 g/mol. The minimum absolute atomic E-state index is 0.0488.